The highest BCUT2D eigenvalue weighted by Crippen LogP contribution is 2.29. The molecule has 3 rings (SSSR count). The second-order valence-corrected chi connectivity index (χ2v) is 5.30. The quantitative estimate of drug-likeness (QED) is 0.553. The fourth-order valence-corrected chi connectivity index (χ4v) is 2.70. The van der Waals surface area contributed by atoms with Gasteiger partial charge in [0.2, 0.25) is 0 Å². The zero-order valence-electron chi connectivity index (χ0n) is 11.2. The molecule has 0 aliphatic carbocycles. The molecular weight excluding hydrogens is 291 g/mol. The van der Waals surface area contributed by atoms with Gasteiger partial charge < -0.3 is 10.7 Å². The Morgan fingerprint density at radius 3 is 2.81 bits per heavy atom. The molecule has 1 aromatic heterocycles. The van der Waals surface area contributed by atoms with Gasteiger partial charge in [0.15, 0.2) is 5.78 Å². The summed E-state index contributed by atoms with van der Waals surface area (Å²) in [5.74, 6) is -1.00. The number of rotatable bonds is 2. The van der Waals surface area contributed by atoms with Crippen molar-refractivity contribution in [1.82, 2.24) is 4.98 Å². The van der Waals surface area contributed by atoms with E-state index in [0.717, 1.165) is 5.52 Å². The Morgan fingerprint density at radius 1 is 1.29 bits per heavy atom. The smallest absolute Gasteiger partial charge is 0.198 e. The number of hydrogen-bond donors (Lipinski definition) is 2. The number of nitrogens with one attached hydrogen (secondary N) is 1. The van der Waals surface area contributed by atoms with Gasteiger partial charge in [-0.2, -0.15) is 0 Å². The first-order valence-electron chi connectivity index (χ1n) is 6.35. The zero-order valence-corrected chi connectivity index (χ0v) is 12.0. The van der Waals surface area contributed by atoms with Crippen molar-refractivity contribution in [3.05, 3.63) is 64.1 Å². The molecule has 2 aromatic carbocycles. The largest absolute Gasteiger partial charge is 0.399 e. The molecule has 21 heavy (non-hydrogen) atoms. The van der Waals surface area contributed by atoms with Crippen LogP contribution in [0.2, 0.25) is 5.02 Å². The summed E-state index contributed by atoms with van der Waals surface area (Å²) in [7, 11) is 0. The molecule has 0 aliphatic heterocycles. The molecule has 0 saturated carbocycles. The molecule has 0 fully saturated rings. The first-order valence-corrected chi connectivity index (χ1v) is 6.72. The monoisotopic (exact) mass is 302 g/mol. The molecule has 0 aliphatic rings. The van der Waals surface area contributed by atoms with Gasteiger partial charge in [0.1, 0.15) is 5.82 Å². The van der Waals surface area contributed by atoms with E-state index in [1.54, 1.807) is 25.1 Å². The van der Waals surface area contributed by atoms with Crippen LogP contribution in [0.1, 0.15) is 21.5 Å². The van der Waals surface area contributed by atoms with Crippen molar-refractivity contribution in [1.29, 1.82) is 0 Å². The van der Waals surface area contributed by atoms with Crippen molar-refractivity contribution in [2.45, 2.75) is 6.92 Å². The van der Waals surface area contributed by atoms with E-state index in [1.165, 1.54) is 18.3 Å². The van der Waals surface area contributed by atoms with Crippen LogP contribution < -0.4 is 5.73 Å². The number of aromatic amines is 1. The van der Waals surface area contributed by atoms with E-state index in [-0.39, 0.29) is 5.56 Å². The molecule has 0 amide bonds. The Bertz CT molecular complexity index is 870. The van der Waals surface area contributed by atoms with Crippen LogP contribution in [0, 0.1) is 12.7 Å². The lowest BCUT2D eigenvalue weighted by Gasteiger charge is -2.06. The summed E-state index contributed by atoms with van der Waals surface area (Å²) in [5, 5.41) is 1.03. The maximum atomic E-state index is 14.2. The number of nitrogen functional groups attached to an aromatic ring is 1. The number of anilines is 1. The van der Waals surface area contributed by atoms with Crippen molar-refractivity contribution >= 4 is 34.0 Å². The van der Waals surface area contributed by atoms with Crippen LogP contribution in [0.4, 0.5) is 10.1 Å². The summed E-state index contributed by atoms with van der Waals surface area (Å²) in [6.45, 7) is 1.57. The molecule has 0 unspecified atom stereocenters. The molecular formula is C16H12ClFN2O. The molecule has 3 aromatic rings. The number of benzene rings is 2. The summed E-state index contributed by atoms with van der Waals surface area (Å²) in [5.41, 5.74) is 7.41. The van der Waals surface area contributed by atoms with E-state index in [0.29, 0.717) is 27.2 Å². The number of aryl methyl sites for hydroxylation is 1. The maximum Gasteiger partial charge on any atom is 0.198 e. The van der Waals surface area contributed by atoms with E-state index in [1.807, 2.05) is 0 Å². The van der Waals surface area contributed by atoms with Crippen LogP contribution >= 0.6 is 11.6 Å². The highest BCUT2D eigenvalue weighted by Gasteiger charge is 2.20. The predicted molar refractivity (Wildman–Crippen MR) is 82.3 cm³/mol. The number of carbonyl (C=O) groups is 1. The Morgan fingerprint density at radius 2 is 2.05 bits per heavy atom. The topological polar surface area (TPSA) is 58.9 Å². The Balaban J connectivity index is 2.22. The van der Waals surface area contributed by atoms with Gasteiger partial charge in [0, 0.05) is 28.4 Å². The van der Waals surface area contributed by atoms with Gasteiger partial charge in [-0.15, -0.1) is 0 Å². The highest BCUT2D eigenvalue weighted by atomic mass is 35.5. The minimum atomic E-state index is -0.560. The number of ketones is 1. The summed E-state index contributed by atoms with van der Waals surface area (Å²) >= 11 is 6.15. The molecule has 0 saturated heterocycles. The third-order valence-electron chi connectivity index (χ3n) is 3.42. The van der Waals surface area contributed by atoms with E-state index < -0.39 is 11.6 Å². The summed E-state index contributed by atoms with van der Waals surface area (Å²) < 4.78 is 14.2. The van der Waals surface area contributed by atoms with Crippen molar-refractivity contribution in [3.8, 4) is 0 Å². The number of fused-ring (bicyclic) bond motifs is 1. The fourth-order valence-electron chi connectivity index (χ4n) is 2.43. The van der Waals surface area contributed by atoms with E-state index >= 15 is 0 Å². The number of H-pyrrole nitrogens is 1. The lowest BCUT2D eigenvalue weighted by atomic mass is 9.99. The van der Waals surface area contributed by atoms with Crippen LogP contribution in [-0.4, -0.2) is 10.8 Å². The number of hydrogen-bond acceptors (Lipinski definition) is 2. The Kier molecular flexibility index (Phi) is 3.18. The van der Waals surface area contributed by atoms with Gasteiger partial charge in [-0.3, -0.25) is 4.79 Å². The maximum absolute atomic E-state index is 14.2. The fraction of sp³-hybridized carbons (Fsp3) is 0.0625. The SMILES string of the molecule is Cc1cc(N)cc(C(=O)c2c[nH]c3cccc(Cl)c23)c1F. The molecule has 1 heterocycles. The summed E-state index contributed by atoms with van der Waals surface area (Å²) in [4.78, 5) is 15.6. The Labute approximate surface area is 125 Å². The van der Waals surface area contributed by atoms with Crippen LogP contribution in [0.3, 0.4) is 0 Å². The predicted octanol–water partition coefficient (Wildman–Crippen LogP) is 4.08. The van der Waals surface area contributed by atoms with Gasteiger partial charge in [0.05, 0.1) is 10.6 Å². The molecule has 3 N–H and O–H groups in total. The van der Waals surface area contributed by atoms with Gasteiger partial charge in [-0.1, -0.05) is 17.7 Å². The number of carbonyl (C=O) groups excluding carboxylic acids is 1. The average Bonchev–Trinajstić information content (AvgIpc) is 2.87. The second-order valence-electron chi connectivity index (χ2n) is 4.89. The van der Waals surface area contributed by atoms with Crippen LogP contribution in [0.15, 0.2) is 36.5 Å². The lowest BCUT2D eigenvalue weighted by Crippen LogP contribution is -2.06. The number of nitrogens with two attached hydrogens (primary N) is 1. The molecule has 0 radical (unpaired) electrons. The van der Waals surface area contributed by atoms with Crippen molar-refractivity contribution < 1.29 is 9.18 Å². The van der Waals surface area contributed by atoms with Gasteiger partial charge in [-0.05, 0) is 36.8 Å². The van der Waals surface area contributed by atoms with Crippen LogP contribution in [0.5, 0.6) is 0 Å². The van der Waals surface area contributed by atoms with Gasteiger partial charge in [0.25, 0.3) is 0 Å². The molecule has 3 nitrogen and oxygen atoms in total. The molecule has 0 bridgehead atoms. The summed E-state index contributed by atoms with van der Waals surface area (Å²) in [6.07, 6.45) is 1.54. The Hall–Kier alpha value is -2.33. The minimum absolute atomic E-state index is 0.0479. The molecule has 0 atom stereocenters. The third-order valence-corrected chi connectivity index (χ3v) is 3.74. The zero-order chi connectivity index (χ0) is 15.1. The van der Waals surface area contributed by atoms with Crippen molar-refractivity contribution in [2.24, 2.45) is 0 Å². The van der Waals surface area contributed by atoms with Crippen LogP contribution in [-0.2, 0) is 0 Å². The van der Waals surface area contributed by atoms with Crippen molar-refractivity contribution in [2.75, 3.05) is 5.73 Å². The standard InChI is InChI=1S/C16H12ClFN2O/c1-8-5-9(19)6-10(15(8)18)16(21)11-7-20-13-4-2-3-12(17)14(11)13/h2-7,20H,19H2,1H3. The lowest BCUT2D eigenvalue weighted by molar-refractivity contribution is 0.103. The highest BCUT2D eigenvalue weighted by molar-refractivity contribution is 6.37. The molecule has 0 spiro atoms. The third kappa shape index (κ3) is 2.17. The van der Waals surface area contributed by atoms with E-state index in [2.05, 4.69) is 4.98 Å². The molecule has 106 valence electrons. The van der Waals surface area contributed by atoms with Gasteiger partial charge >= 0.3 is 0 Å². The van der Waals surface area contributed by atoms with Crippen molar-refractivity contribution in [3.63, 3.8) is 0 Å². The number of halogens is 2. The van der Waals surface area contributed by atoms with E-state index in [9.17, 15) is 9.18 Å². The minimum Gasteiger partial charge on any atom is -0.399 e. The first-order chi connectivity index (χ1) is 9.99. The number of aromatic nitrogens is 1. The van der Waals surface area contributed by atoms with E-state index in [4.69, 9.17) is 17.3 Å². The first kappa shape index (κ1) is 13.6. The second kappa shape index (κ2) is 4.90. The van der Waals surface area contributed by atoms with Crippen LogP contribution in [0.25, 0.3) is 10.9 Å². The van der Waals surface area contributed by atoms with Gasteiger partial charge in [-0.25, -0.2) is 4.39 Å². The molecule has 5 heteroatoms. The average molecular weight is 303 g/mol. The normalized spacial score (nSPS) is 11.0. The summed E-state index contributed by atoms with van der Waals surface area (Å²) in [6, 6.07) is 8.11.